The van der Waals surface area contributed by atoms with Crippen LogP contribution in [0.5, 0.6) is 5.75 Å². The molecule has 1 aromatic carbocycles. The van der Waals surface area contributed by atoms with Crippen LogP contribution < -0.4 is 10.4 Å². The molecule has 4 nitrogen and oxygen atoms in total. The number of hydrogen-bond acceptors (Lipinski definition) is 4. The zero-order valence-corrected chi connectivity index (χ0v) is 12.3. The molecular formula is C16H13ClO4. The zero-order chi connectivity index (χ0) is 15.4. The Hall–Kier alpha value is -2.33. The summed E-state index contributed by atoms with van der Waals surface area (Å²) >= 11 is 5.86. The minimum Gasteiger partial charge on any atom is -0.496 e. The molecule has 1 heterocycles. The van der Waals surface area contributed by atoms with Crippen LogP contribution in [0.1, 0.15) is 21.7 Å². The Balaban J connectivity index is 2.35. The largest absolute Gasteiger partial charge is 0.496 e. The number of aryl methyl sites for hydroxylation is 1. The number of ether oxygens (including phenoxy) is 1. The molecule has 0 spiro atoms. The average molecular weight is 305 g/mol. The highest BCUT2D eigenvalue weighted by Gasteiger charge is 2.17. The van der Waals surface area contributed by atoms with Crippen molar-refractivity contribution in [2.24, 2.45) is 0 Å². The highest BCUT2D eigenvalue weighted by Crippen LogP contribution is 2.18. The molecule has 0 fully saturated rings. The van der Waals surface area contributed by atoms with E-state index < -0.39 is 11.4 Å². The van der Waals surface area contributed by atoms with Gasteiger partial charge in [0.15, 0.2) is 5.78 Å². The van der Waals surface area contributed by atoms with E-state index in [1.807, 2.05) is 0 Å². The van der Waals surface area contributed by atoms with E-state index in [2.05, 4.69) is 0 Å². The third-order valence-corrected chi connectivity index (χ3v) is 3.02. The van der Waals surface area contributed by atoms with Crippen LogP contribution >= 0.6 is 11.6 Å². The van der Waals surface area contributed by atoms with Gasteiger partial charge in [-0.2, -0.15) is 0 Å². The standard InChI is InChI=1S/C16H13ClO4/c1-10-8-14(20-2)15(16(19)21-10)13(18)7-6-11-4-3-5-12(17)9-11/h3-9H,1-2H3. The van der Waals surface area contributed by atoms with Gasteiger partial charge in [0, 0.05) is 11.1 Å². The summed E-state index contributed by atoms with van der Waals surface area (Å²) in [6.07, 6.45) is 2.86. The molecule has 0 bridgehead atoms. The Morgan fingerprint density at radius 2 is 2.10 bits per heavy atom. The van der Waals surface area contributed by atoms with E-state index in [4.69, 9.17) is 20.8 Å². The number of carbonyl (C=O) groups excluding carboxylic acids is 1. The van der Waals surface area contributed by atoms with Crippen molar-refractivity contribution in [3.8, 4) is 5.75 Å². The fourth-order valence-electron chi connectivity index (χ4n) is 1.83. The Kier molecular flexibility index (Phi) is 4.60. The Bertz CT molecular complexity index is 759. The first-order chi connectivity index (χ1) is 10.0. The molecule has 0 saturated heterocycles. The number of allylic oxidation sites excluding steroid dienone is 1. The lowest BCUT2D eigenvalue weighted by Gasteiger charge is -2.04. The first-order valence-electron chi connectivity index (χ1n) is 6.18. The maximum atomic E-state index is 12.2. The van der Waals surface area contributed by atoms with Gasteiger partial charge >= 0.3 is 5.63 Å². The summed E-state index contributed by atoms with van der Waals surface area (Å²) in [6, 6.07) is 8.51. The highest BCUT2D eigenvalue weighted by atomic mass is 35.5. The van der Waals surface area contributed by atoms with E-state index in [-0.39, 0.29) is 11.3 Å². The fourth-order valence-corrected chi connectivity index (χ4v) is 2.03. The topological polar surface area (TPSA) is 56.5 Å². The van der Waals surface area contributed by atoms with Crippen molar-refractivity contribution >= 4 is 23.5 Å². The number of ketones is 1. The molecule has 0 amide bonds. The van der Waals surface area contributed by atoms with Gasteiger partial charge in [-0.15, -0.1) is 0 Å². The second-order valence-electron chi connectivity index (χ2n) is 4.34. The minimum atomic E-state index is -0.715. The molecule has 108 valence electrons. The SMILES string of the molecule is COc1cc(C)oc(=O)c1C(=O)C=Cc1cccc(Cl)c1. The van der Waals surface area contributed by atoms with Crippen molar-refractivity contribution in [2.75, 3.05) is 7.11 Å². The van der Waals surface area contributed by atoms with Crippen LogP contribution in [0.2, 0.25) is 5.02 Å². The second-order valence-corrected chi connectivity index (χ2v) is 4.78. The zero-order valence-electron chi connectivity index (χ0n) is 11.6. The summed E-state index contributed by atoms with van der Waals surface area (Å²) in [6.45, 7) is 1.61. The van der Waals surface area contributed by atoms with E-state index in [9.17, 15) is 9.59 Å². The van der Waals surface area contributed by atoms with E-state index >= 15 is 0 Å². The van der Waals surface area contributed by atoms with Crippen molar-refractivity contribution in [1.29, 1.82) is 0 Å². The molecule has 5 heteroatoms. The lowest BCUT2D eigenvalue weighted by atomic mass is 10.1. The predicted octanol–water partition coefficient (Wildman–Crippen LogP) is 3.51. The summed E-state index contributed by atoms with van der Waals surface area (Å²) in [5.41, 5.74) is -0.0831. The van der Waals surface area contributed by atoms with Crippen LogP contribution in [0.25, 0.3) is 6.08 Å². The number of benzene rings is 1. The Labute approximate surface area is 126 Å². The molecule has 2 aromatic rings. The normalized spacial score (nSPS) is 10.8. The van der Waals surface area contributed by atoms with Gasteiger partial charge in [0.1, 0.15) is 17.1 Å². The number of rotatable bonds is 4. The molecule has 0 radical (unpaired) electrons. The molecule has 0 aliphatic rings. The molecule has 0 atom stereocenters. The lowest BCUT2D eigenvalue weighted by Crippen LogP contribution is -2.14. The first kappa shape index (κ1) is 15.1. The Morgan fingerprint density at radius 3 is 2.76 bits per heavy atom. The Morgan fingerprint density at radius 1 is 1.33 bits per heavy atom. The summed E-state index contributed by atoms with van der Waals surface area (Å²) in [5.74, 6) is 0.0947. The van der Waals surface area contributed by atoms with Gasteiger partial charge in [0.05, 0.1) is 7.11 Å². The minimum absolute atomic E-state index is 0.124. The van der Waals surface area contributed by atoms with Crippen LogP contribution in [0.15, 0.2) is 45.6 Å². The molecular weight excluding hydrogens is 292 g/mol. The average Bonchev–Trinajstić information content (AvgIpc) is 2.44. The van der Waals surface area contributed by atoms with Crippen molar-refractivity contribution in [1.82, 2.24) is 0 Å². The number of halogens is 1. The van der Waals surface area contributed by atoms with E-state index in [1.54, 1.807) is 37.3 Å². The highest BCUT2D eigenvalue weighted by molar-refractivity contribution is 6.30. The number of methoxy groups -OCH3 is 1. The van der Waals surface area contributed by atoms with E-state index in [0.717, 1.165) is 5.56 Å². The van der Waals surface area contributed by atoms with Gasteiger partial charge in [-0.05, 0) is 30.7 Å². The molecule has 1 aromatic heterocycles. The first-order valence-corrected chi connectivity index (χ1v) is 6.56. The molecule has 0 saturated carbocycles. The molecule has 0 aliphatic carbocycles. The molecule has 0 N–H and O–H groups in total. The summed E-state index contributed by atoms with van der Waals surface area (Å²) in [7, 11) is 1.39. The lowest BCUT2D eigenvalue weighted by molar-refractivity contribution is 0.104. The van der Waals surface area contributed by atoms with Gasteiger partial charge in [-0.1, -0.05) is 29.8 Å². The van der Waals surface area contributed by atoms with Gasteiger partial charge in [-0.3, -0.25) is 4.79 Å². The predicted molar refractivity (Wildman–Crippen MR) is 81.1 cm³/mol. The maximum absolute atomic E-state index is 12.2. The van der Waals surface area contributed by atoms with Gasteiger partial charge in [0.25, 0.3) is 0 Å². The quantitative estimate of drug-likeness (QED) is 0.641. The molecule has 21 heavy (non-hydrogen) atoms. The smallest absolute Gasteiger partial charge is 0.351 e. The summed E-state index contributed by atoms with van der Waals surface area (Å²) < 4.78 is 10.00. The maximum Gasteiger partial charge on any atom is 0.351 e. The fraction of sp³-hybridized carbons (Fsp3) is 0.125. The summed E-state index contributed by atoms with van der Waals surface area (Å²) in [4.78, 5) is 24.0. The monoisotopic (exact) mass is 304 g/mol. The van der Waals surface area contributed by atoms with E-state index in [0.29, 0.717) is 10.8 Å². The molecule has 0 unspecified atom stereocenters. The molecule has 2 rings (SSSR count). The van der Waals surface area contributed by atoms with Gasteiger partial charge in [0.2, 0.25) is 0 Å². The van der Waals surface area contributed by atoms with Crippen molar-refractivity contribution in [2.45, 2.75) is 6.92 Å². The van der Waals surface area contributed by atoms with Gasteiger partial charge in [-0.25, -0.2) is 4.79 Å². The second kappa shape index (κ2) is 6.41. The van der Waals surface area contributed by atoms with Crippen LogP contribution in [-0.4, -0.2) is 12.9 Å². The third-order valence-electron chi connectivity index (χ3n) is 2.78. The summed E-state index contributed by atoms with van der Waals surface area (Å²) in [5, 5.41) is 0.567. The van der Waals surface area contributed by atoms with Gasteiger partial charge < -0.3 is 9.15 Å². The van der Waals surface area contributed by atoms with Crippen molar-refractivity contribution in [3.05, 3.63) is 68.7 Å². The van der Waals surface area contributed by atoms with Crippen molar-refractivity contribution < 1.29 is 13.9 Å². The number of hydrogen-bond donors (Lipinski definition) is 0. The van der Waals surface area contributed by atoms with E-state index in [1.165, 1.54) is 19.3 Å². The molecule has 0 aliphatic heterocycles. The number of carbonyl (C=O) groups is 1. The van der Waals surface area contributed by atoms with Crippen LogP contribution in [0.4, 0.5) is 0 Å². The van der Waals surface area contributed by atoms with Crippen LogP contribution in [0.3, 0.4) is 0 Å². The van der Waals surface area contributed by atoms with Crippen LogP contribution in [-0.2, 0) is 0 Å². The van der Waals surface area contributed by atoms with Crippen molar-refractivity contribution in [3.63, 3.8) is 0 Å². The third kappa shape index (κ3) is 3.61. The van der Waals surface area contributed by atoms with Crippen LogP contribution in [0, 0.1) is 6.92 Å².